The van der Waals surface area contributed by atoms with Gasteiger partial charge in [-0.2, -0.15) is 0 Å². The Kier molecular flexibility index (Phi) is 5.79. The van der Waals surface area contributed by atoms with Gasteiger partial charge in [-0.15, -0.1) is 10.2 Å². The standard InChI is InChI=1S/C17H17N5O2S2/c1-3-14-20-21-16(26-14)19-13(23)10-25-17-18-11(2)9-15(24)22(17)12-7-5-4-6-8-12/h4-9H,3,10H2,1-2H3,(H,19,21,23). The predicted molar refractivity (Wildman–Crippen MR) is 103 cm³/mol. The molecule has 0 aliphatic heterocycles. The zero-order valence-electron chi connectivity index (χ0n) is 14.3. The van der Waals surface area contributed by atoms with Crippen LogP contribution in [0.5, 0.6) is 0 Å². The van der Waals surface area contributed by atoms with Gasteiger partial charge in [0.15, 0.2) is 5.16 Å². The van der Waals surface area contributed by atoms with Gasteiger partial charge in [0.05, 0.1) is 11.4 Å². The molecule has 3 rings (SSSR count). The van der Waals surface area contributed by atoms with Crippen molar-refractivity contribution in [2.45, 2.75) is 25.4 Å². The number of benzene rings is 1. The molecule has 1 aromatic carbocycles. The van der Waals surface area contributed by atoms with Crippen LogP contribution in [0.3, 0.4) is 0 Å². The fraction of sp³-hybridized carbons (Fsp3) is 0.235. The summed E-state index contributed by atoms with van der Waals surface area (Å²) in [6, 6.07) is 10.7. The molecule has 134 valence electrons. The van der Waals surface area contributed by atoms with E-state index >= 15 is 0 Å². The highest BCUT2D eigenvalue weighted by Crippen LogP contribution is 2.20. The van der Waals surface area contributed by atoms with Gasteiger partial charge in [-0.25, -0.2) is 4.98 Å². The molecular weight excluding hydrogens is 370 g/mol. The molecule has 0 spiro atoms. The van der Waals surface area contributed by atoms with Crippen molar-refractivity contribution in [2.24, 2.45) is 0 Å². The Bertz CT molecular complexity index is 969. The minimum atomic E-state index is -0.218. The Labute approximate surface area is 158 Å². The lowest BCUT2D eigenvalue weighted by atomic mass is 10.3. The Morgan fingerprint density at radius 1 is 1.27 bits per heavy atom. The molecule has 0 atom stereocenters. The van der Waals surface area contributed by atoms with Crippen molar-refractivity contribution in [1.82, 2.24) is 19.7 Å². The molecule has 2 heterocycles. The second-order valence-corrected chi connectivity index (χ2v) is 7.39. The summed E-state index contributed by atoms with van der Waals surface area (Å²) >= 11 is 2.56. The summed E-state index contributed by atoms with van der Waals surface area (Å²) in [5.41, 5.74) is 1.15. The van der Waals surface area contributed by atoms with Gasteiger partial charge in [0.25, 0.3) is 5.56 Å². The van der Waals surface area contributed by atoms with Crippen LogP contribution < -0.4 is 10.9 Å². The smallest absolute Gasteiger partial charge is 0.258 e. The van der Waals surface area contributed by atoms with Gasteiger partial charge in [-0.05, 0) is 25.5 Å². The number of anilines is 1. The summed E-state index contributed by atoms with van der Waals surface area (Å²) in [6.45, 7) is 3.74. The minimum Gasteiger partial charge on any atom is -0.300 e. The molecule has 0 saturated heterocycles. The number of hydrogen-bond donors (Lipinski definition) is 1. The average molecular weight is 387 g/mol. The number of nitrogens with zero attached hydrogens (tertiary/aromatic N) is 4. The second kappa shape index (κ2) is 8.24. The van der Waals surface area contributed by atoms with Gasteiger partial charge < -0.3 is 0 Å². The molecule has 0 unspecified atom stereocenters. The van der Waals surface area contributed by atoms with Gasteiger partial charge in [-0.3, -0.25) is 19.5 Å². The van der Waals surface area contributed by atoms with Crippen LogP contribution in [-0.2, 0) is 11.2 Å². The first-order chi connectivity index (χ1) is 12.6. The molecule has 0 radical (unpaired) electrons. The van der Waals surface area contributed by atoms with E-state index in [9.17, 15) is 9.59 Å². The highest BCUT2D eigenvalue weighted by atomic mass is 32.2. The van der Waals surface area contributed by atoms with Crippen LogP contribution in [0.4, 0.5) is 5.13 Å². The van der Waals surface area contributed by atoms with E-state index in [4.69, 9.17) is 0 Å². The maximum absolute atomic E-state index is 12.4. The van der Waals surface area contributed by atoms with E-state index in [1.807, 2.05) is 37.3 Å². The van der Waals surface area contributed by atoms with Gasteiger partial charge >= 0.3 is 0 Å². The molecular formula is C17H17N5O2S2. The summed E-state index contributed by atoms with van der Waals surface area (Å²) in [6.07, 6.45) is 0.777. The molecule has 0 bridgehead atoms. The van der Waals surface area contributed by atoms with Crippen molar-refractivity contribution in [3.8, 4) is 5.69 Å². The van der Waals surface area contributed by atoms with Crippen molar-refractivity contribution >= 4 is 34.1 Å². The van der Waals surface area contributed by atoms with Crippen molar-refractivity contribution in [3.05, 3.63) is 57.5 Å². The Morgan fingerprint density at radius 2 is 2.04 bits per heavy atom. The number of aromatic nitrogens is 4. The van der Waals surface area contributed by atoms with Crippen LogP contribution in [0.1, 0.15) is 17.6 Å². The molecule has 2 aromatic heterocycles. The van der Waals surface area contributed by atoms with Crippen LogP contribution in [0.2, 0.25) is 0 Å². The fourth-order valence-corrected chi connectivity index (χ4v) is 3.78. The van der Waals surface area contributed by atoms with Crippen LogP contribution in [-0.4, -0.2) is 31.4 Å². The van der Waals surface area contributed by atoms with Crippen molar-refractivity contribution in [3.63, 3.8) is 0 Å². The normalized spacial score (nSPS) is 10.7. The molecule has 0 aliphatic rings. The summed E-state index contributed by atoms with van der Waals surface area (Å²) in [7, 11) is 0. The first-order valence-corrected chi connectivity index (χ1v) is 9.78. The Balaban J connectivity index is 1.77. The minimum absolute atomic E-state index is 0.115. The summed E-state index contributed by atoms with van der Waals surface area (Å²) in [5.74, 6) is -0.104. The van der Waals surface area contributed by atoms with Crippen molar-refractivity contribution < 1.29 is 4.79 Å². The van der Waals surface area contributed by atoms with E-state index in [0.717, 1.165) is 11.4 Å². The zero-order chi connectivity index (χ0) is 18.5. The Hall–Kier alpha value is -2.52. The van der Waals surface area contributed by atoms with E-state index < -0.39 is 0 Å². The van der Waals surface area contributed by atoms with E-state index in [1.165, 1.54) is 33.7 Å². The molecule has 0 aliphatic carbocycles. The van der Waals surface area contributed by atoms with E-state index in [0.29, 0.717) is 21.7 Å². The number of nitrogens with one attached hydrogen (secondary N) is 1. The molecule has 3 aromatic rings. The first kappa shape index (κ1) is 18.3. The molecule has 1 N–H and O–H groups in total. The van der Waals surface area contributed by atoms with Crippen molar-refractivity contribution in [2.75, 3.05) is 11.1 Å². The van der Waals surface area contributed by atoms with E-state index in [-0.39, 0.29) is 17.2 Å². The third-order valence-corrected chi connectivity index (χ3v) is 5.30. The fourth-order valence-electron chi connectivity index (χ4n) is 2.21. The number of rotatable bonds is 6. The Morgan fingerprint density at radius 3 is 2.73 bits per heavy atom. The molecule has 0 saturated carbocycles. The van der Waals surface area contributed by atoms with Gasteiger partial charge in [0.2, 0.25) is 11.0 Å². The van der Waals surface area contributed by atoms with Crippen LogP contribution in [0.25, 0.3) is 5.69 Å². The highest BCUT2D eigenvalue weighted by molar-refractivity contribution is 7.99. The monoisotopic (exact) mass is 387 g/mol. The summed E-state index contributed by atoms with van der Waals surface area (Å²) in [5, 5.41) is 12.4. The molecule has 26 heavy (non-hydrogen) atoms. The lowest BCUT2D eigenvalue weighted by Crippen LogP contribution is -2.22. The third kappa shape index (κ3) is 4.36. The molecule has 7 nitrogen and oxygen atoms in total. The van der Waals surface area contributed by atoms with Gasteiger partial charge in [-0.1, -0.05) is 48.2 Å². The van der Waals surface area contributed by atoms with Crippen LogP contribution in [0.15, 0.2) is 46.3 Å². The van der Waals surface area contributed by atoms with Crippen LogP contribution in [0, 0.1) is 6.92 Å². The number of carbonyl (C=O) groups excluding carboxylic acids is 1. The van der Waals surface area contributed by atoms with E-state index in [1.54, 1.807) is 6.92 Å². The quantitative estimate of drug-likeness (QED) is 0.517. The zero-order valence-corrected chi connectivity index (χ0v) is 15.9. The number of para-hydroxylation sites is 1. The number of thioether (sulfide) groups is 1. The number of aryl methyl sites for hydroxylation is 2. The average Bonchev–Trinajstić information content (AvgIpc) is 3.08. The molecule has 1 amide bonds. The maximum Gasteiger partial charge on any atom is 0.258 e. The first-order valence-electron chi connectivity index (χ1n) is 7.98. The number of amides is 1. The van der Waals surface area contributed by atoms with E-state index in [2.05, 4.69) is 20.5 Å². The molecule has 9 heteroatoms. The van der Waals surface area contributed by atoms with Crippen molar-refractivity contribution in [1.29, 1.82) is 0 Å². The maximum atomic E-state index is 12.4. The topological polar surface area (TPSA) is 89.8 Å². The SMILES string of the molecule is CCc1nnc(NC(=O)CSc2nc(C)cc(=O)n2-c2ccccc2)s1. The molecule has 0 fully saturated rings. The lowest BCUT2D eigenvalue weighted by Gasteiger charge is -2.11. The lowest BCUT2D eigenvalue weighted by molar-refractivity contribution is -0.113. The third-order valence-electron chi connectivity index (χ3n) is 3.38. The largest absolute Gasteiger partial charge is 0.300 e. The predicted octanol–water partition coefficient (Wildman–Crippen LogP) is 2.69. The summed E-state index contributed by atoms with van der Waals surface area (Å²) in [4.78, 5) is 29.0. The number of carbonyl (C=O) groups is 1. The number of hydrogen-bond acceptors (Lipinski definition) is 7. The van der Waals surface area contributed by atoms with Crippen LogP contribution >= 0.6 is 23.1 Å². The van der Waals surface area contributed by atoms with Gasteiger partial charge in [0.1, 0.15) is 5.01 Å². The highest BCUT2D eigenvalue weighted by Gasteiger charge is 2.13. The summed E-state index contributed by atoms with van der Waals surface area (Å²) < 4.78 is 1.51. The van der Waals surface area contributed by atoms with Gasteiger partial charge in [0, 0.05) is 11.8 Å². The second-order valence-electron chi connectivity index (χ2n) is 5.38.